The first-order valence-electron chi connectivity index (χ1n) is 7.66. The number of rotatable bonds is 4. The van der Waals surface area contributed by atoms with E-state index in [1.54, 1.807) is 18.5 Å². The number of carbonyl (C=O) groups excluding carboxylic acids is 1. The summed E-state index contributed by atoms with van der Waals surface area (Å²) in [6.45, 7) is 0.602. The molecule has 1 aliphatic rings. The number of hydrogen-bond acceptors (Lipinski definition) is 5. The summed E-state index contributed by atoms with van der Waals surface area (Å²) in [6.07, 6.45) is 7.71. The number of carbonyl (C=O) groups is 1. The Morgan fingerprint density at radius 3 is 3.05 bits per heavy atom. The Balaban J connectivity index is 1.69. The molecule has 6 heteroatoms. The van der Waals surface area contributed by atoms with Gasteiger partial charge in [-0.15, -0.1) is 0 Å². The highest BCUT2D eigenvalue weighted by molar-refractivity contribution is 5.93. The molecule has 2 atom stereocenters. The van der Waals surface area contributed by atoms with Crippen molar-refractivity contribution in [2.24, 2.45) is 11.7 Å². The third-order valence-corrected chi connectivity index (χ3v) is 4.22. The highest BCUT2D eigenvalue weighted by Crippen LogP contribution is 2.24. The third kappa shape index (κ3) is 3.17. The van der Waals surface area contributed by atoms with E-state index in [1.165, 1.54) is 6.42 Å². The fourth-order valence-corrected chi connectivity index (χ4v) is 2.95. The molecule has 3 N–H and O–H groups in total. The molecule has 0 aromatic carbocycles. The third-order valence-electron chi connectivity index (χ3n) is 4.22. The Bertz CT molecular complexity index is 626. The van der Waals surface area contributed by atoms with Gasteiger partial charge in [0.15, 0.2) is 11.5 Å². The van der Waals surface area contributed by atoms with Crippen LogP contribution in [0.1, 0.15) is 36.2 Å². The summed E-state index contributed by atoms with van der Waals surface area (Å²) in [5, 5.41) is 6.91. The maximum Gasteiger partial charge on any atom is 0.273 e. The molecule has 1 fully saturated rings. The zero-order chi connectivity index (χ0) is 15.4. The normalized spacial score (nSPS) is 21.5. The lowest BCUT2D eigenvalue weighted by molar-refractivity contribution is 0.0899. The Kier molecular flexibility index (Phi) is 4.48. The van der Waals surface area contributed by atoms with Gasteiger partial charge in [-0.2, -0.15) is 0 Å². The monoisotopic (exact) mass is 300 g/mol. The second-order valence-electron chi connectivity index (χ2n) is 5.68. The molecule has 116 valence electrons. The first kappa shape index (κ1) is 14.7. The van der Waals surface area contributed by atoms with Gasteiger partial charge in [-0.3, -0.25) is 9.78 Å². The number of nitrogens with zero attached hydrogens (tertiary/aromatic N) is 2. The molecule has 0 radical (unpaired) electrons. The zero-order valence-corrected chi connectivity index (χ0v) is 12.4. The van der Waals surface area contributed by atoms with Crippen molar-refractivity contribution in [3.05, 3.63) is 36.3 Å². The number of nitrogens with one attached hydrogen (secondary N) is 1. The van der Waals surface area contributed by atoms with E-state index >= 15 is 0 Å². The smallest absolute Gasteiger partial charge is 0.273 e. The lowest BCUT2D eigenvalue weighted by Crippen LogP contribution is -2.44. The topological polar surface area (TPSA) is 94.0 Å². The number of amides is 1. The van der Waals surface area contributed by atoms with Gasteiger partial charge in [0.2, 0.25) is 0 Å². The van der Waals surface area contributed by atoms with E-state index in [1.807, 2.05) is 12.1 Å². The minimum atomic E-state index is -0.204. The summed E-state index contributed by atoms with van der Waals surface area (Å²) in [6, 6.07) is 5.45. The maximum atomic E-state index is 12.3. The molecule has 22 heavy (non-hydrogen) atoms. The van der Waals surface area contributed by atoms with Crippen LogP contribution in [0.2, 0.25) is 0 Å². The van der Waals surface area contributed by atoms with Crippen LogP contribution in [0.4, 0.5) is 0 Å². The molecule has 0 saturated heterocycles. The molecular formula is C16H20N4O2. The van der Waals surface area contributed by atoms with Crippen molar-refractivity contribution < 1.29 is 9.32 Å². The van der Waals surface area contributed by atoms with E-state index in [-0.39, 0.29) is 11.9 Å². The molecule has 1 aliphatic carbocycles. The first-order valence-corrected chi connectivity index (χ1v) is 7.66. The predicted octanol–water partition coefficient (Wildman–Crippen LogP) is 1.98. The van der Waals surface area contributed by atoms with Gasteiger partial charge in [-0.1, -0.05) is 18.0 Å². The van der Waals surface area contributed by atoms with Gasteiger partial charge in [0.05, 0.1) is 0 Å². The van der Waals surface area contributed by atoms with Crippen molar-refractivity contribution >= 4 is 5.91 Å². The highest BCUT2D eigenvalue weighted by Gasteiger charge is 2.26. The molecule has 0 spiro atoms. The fourth-order valence-electron chi connectivity index (χ4n) is 2.95. The summed E-state index contributed by atoms with van der Waals surface area (Å²) in [4.78, 5) is 16.4. The van der Waals surface area contributed by atoms with Gasteiger partial charge in [0.25, 0.3) is 5.91 Å². The second-order valence-corrected chi connectivity index (χ2v) is 5.68. The second kappa shape index (κ2) is 6.70. The predicted molar refractivity (Wildman–Crippen MR) is 82.0 cm³/mol. The fraction of sp³-hybridized carbons (Fsp3) is 0.438. The van der Waals surface area contributed by atoms with Crippen LogP contribution in [0.5, 0.6) is 0 Å². The zero-order valence-electron chi connectivity index (χ0n) is 12.4. The summed E-state index contributed by atoms with van der Waals surface area (Å²) in [5.41, 5.74) is 6.89. The summed E-state index contributed by atoms with van der Waals surface area (Å²) >= 11 is 0. The van der Waals surface area contributed by atoms with E-state index in [2.05, 4.69) is 15.5 Å². The molecule has 1 saturated carbocycles. The van der Waals surface area contributed by atoms with Crippen molar-refractivity contribution in [1.82, 2.24) is 15.5 Å². The Morgan fingerprint density at radius 2 is 2.27 bits per heavy atom. The minimum Gasteiger partial charge on any atom is -0.355 e. The SMILES string of the molecule is NCC1CCCCC1NC(=O)c1cc(-c2cccnc2)on1. The van der Waals surface area contributed by atoms with Crippen LogP contribution < -0.4 is 11.1 Å². The summed E-state index contributed by atoms with van der Waals surface area (Å²) < 4.78 is 5.24. The van der Waals surface area contributed by atoms with Gasteiger partial charge < -0.3 is 15.6 Å². The Labute approximate surface area is 129 Å². The summed E-state index contributed by atoms with van der Waals surface area (Å²) in [5.74, 6) is 0.684. The molecule has 0 aliphatic heterocycles. The average Bonchev–Trinajstić information content (AvgIpc) is 3.06. The lowest BCUT2D eigenvalue weighted by atomic mass is 9.84. The highest BCUT2D eigenvalue weighted by atomic mass is 16.5. The van der Waals surface area contributed by atoms with Crippen molar-refractivity contribution in [2.45, 2.75) is 31.7 Å². The number of nitrogens with two attached hydrogens (primary N) is 1. The van der Waals surface area contributed by atoms with E-state index in [0.29, 0.717) is 23.9 Å². The minimum absolute atomic E-state index is 0.129. The van der Waals surface area contributed by atoms with Gasteiger partial charge in [0.1, 0.15) is 0 Å². The number of hydrogen-bond donors (Lipinski definition) is 2. The Hall–Kier alpha value is -2.21. The van der Waals surface area contributed by atoms with E-state index in [0.717, 1.165) is 24.8 Å². The molecule has 1 amide bonds. The first-order chi connectivity index (χ1) is 10.8. The summed E-state index contributed by atoms with van der Waals surface area (Å²) in [7, 11) is 0. The van der Waals surface area contributed by atoms with Gasteiger partial charge in [-0.25, -0.2) is 0 Å². The van der Waals surface area contributed by atoms with Gasteiger partial charge in [0, 0.05) is 30.1 Å². The van der Waals surface area contributed by atoms with Crippen molar-refractivity contribution in [3.63, 3.8) is 0 Å². The van der Waals surface area contributed by atoms with E-state index in [4.69, 9.17) is 10.3 Å². The van der Waals surface area contributed by atoms with E-state index < -0.39 is 0 Å². The maximum absolute atomic E-state index is 12.3. The largest absolute Gasteiger partial charge is 0.355 e. The van der Waals surface area contributed by atoms with Crippen molar-refractivity contribution in [3.8, 4) is 11.3 Å². The van der Waals surface area contributed by atoms with Crippen LogP contribution in [-0.4, -0.2) is 28.6 Å². The molecule has 2 aromatic rings. The van der Waals surface area contributed by atoms with Crippen LogP contribution in [-0.2, 0) is 0 Å². The van der Waals surface area contributed by atoms with Crippen LogP contribution in [0, 0.1) is 5.92 Å². The van der Waals surface area contributed by atoms with Crippen LogP contribution >= 0.6 is 0 Å². The Morgan fingerprint density at radius 1 is 1.41 bits per heavy atom. The van der Waals surface area contributed by atoms with Crippen molar-refractivity contribution in [2.75, 3.05) is 6.54 Å². The molecule has 2 aromatic heterocycles. The lowest BCUT2D eigenvalue weighted by Gasteiger charge is -2.30. The molecule has 2 unspecified atom stereocenters. The van der Waals surface area contributed by atoms with Crippen molar-refractivity contribution in [1.29, 1.82) is 0 Å². The van der Waals surface area contributed by atoms with Gasteiger partial charge >= 0.3 is 0 Å². The van der Waals surface area contributed by atoms with Crippen LogP contribution in [0.15, 0.2) is 35.1 Å². The quantitative estimate of drug-likeness (QED) is 0.900. The standard InChI is InChI=1S/C16H20N4O2/c17-9-11-4-1-2-6-13(11)19-16(21)14-8-15(22-20-14)12-5-3-7-18-10-12/h3,5,7-8,10-11,13H,1-2,4,6,9,17H2,(H,19,21). The molecule has 2 heterocycles. The average molecular weight is 300 g/mol. The molecule has 0 bridgehead atoms. The van der Waals surface area contributed by atoms with Gasteiger partial charge in [-0.05, 0) is 37.4 Å². The number of aromatic nitrogens is 2. The molecular weight excluding hydrogens is 280 g/mol. The number of pyridine rings is 1. The van der Waals surface area contributed by atoms with E-state index in [9.17, 15) is 4.79 Å². The van der Waals surface area contributed by atoms with Crippen LogP contribution in [0.3, 0.4) is 0 Å². The molecule has 3 rings (SSSR count). The molecule has 6 nitrogen and oxygen atoms in total. The van der Waals surface area contributed by atoms with Crippen LogP contribution in [0.25, 0.3) is 11.3 Å².